The van der Waals surface area contributed by atoms with Gasteiger partial charge in [0.25, 0.3) is 0 Å². The van der Waals surface area contributed by atoms with Crippen molar-refractivity contribution in [1.29, 1.82) is 0 Å². The summed E-state index contributed by atoms with van der Waals surface area (Å²) in [6.45, 7) is 2.39. The van der Waals surface area contributed by atoms with E-state index in [4.69, 9.17) is 10.5 Å². The van der Waals surface area contributed by atoms with Crippen LogP contribution in [0.3, 0.4) is 0 Å². The molecule has 1 aliphatic rings. The van der Waals surface area contributed by atoms with Gasteiger partial charge in [0.05, 0.1) is 6.10 Å². The Balaban J connectivity index is 1.92. The second-order valence-electron chi connectivity index (χ2n) is 5.32. The molecular formula is C15H25N3O. The van der Waals surface area contributed by atoms with Gasteiger partial charge in [-0.05, 0) is 30.5 Å². The molecule has 4 nitrogen and oxygen atoms in total. The second-order valence-corrected chi connectivity index (χ2v) is 5.32. The van der Waals surface area contributed by atoms with Crippen LogP contribution >= 0.6 is 0 Å². The first kappa shape index (κ1) is 14.3. The fourth-order valence-electron chi connectivity index (χ4n) is 2.42. The molecule has 0 radical (unpaired) electrons. The SMILES string of the molecule is CN(C)c1ccc(C(CN)NCC2CCCO2)cc1. The highest BCUT2D eigenvalue weighted by Crippen LogP contribution is 2.18. The second kappa shape index (κ2) is 6.89. The average molecular weight is 263 g/mol. The van der Waals surface area contributed by atoms with Gasteiger partial charge in [-0.3, -0.25) is 0 Å². The fraction of sp³-hybridized carbons (Fsp3) is 0.600. The molecule has 1 aromatic carbocycles. The van der Waals surface area contributed by atoms with Gasteiger partial charge in [0.15, 0.2) is 0 Å². The van der Waals surface area contributed by atoms with Crippen molar-refractivity contribution in [2.24, 2.45) is 5.73 Å². The van der Waals surface area contributed by atoms with Crippen LogP contribution in [0.5, 0.6) is 0 Å². The quantitative estimate of drug-likeness (QED) is 0.817. The molecule has 0 saturated carbocycles. The van der Waals surface area contributed by atoms with Crippen LogP contribution in [-0.4, -0.2) is 39.9 Å². The molecule has 2 rings (SSSR count). The number of anilines is 1. The summed E-state index contributed by atoms with van der Waals surface area (Å²) in [6, 6.07) is 8.77. The largest absolute Gasteiger partial charge is 0.378 e. The Hall–Kier alpha value is -1.10. The van der Waals surface area contributed by atoms with E-state index in [0.29, 0.717) is 12.6 Å². The Bertz CT molecular complexity index is 371. The van der Waals surface area contributed by atoms with Gasteiger partial charge in [-0.25, -0.2) is 0 Å². The van der Waals surface area contributed by atoms with Crippen LogP contribution in [0.4, 0.5) is 5.69 Å². The van der Waals surface area contributed by atoms with Crippen LogP contribution in [0.1, 0.15) is 24.4 Å². The minimum absolute atomic E-state index is 0.209. The standard InChI is InChI=1S/C15H25N3O/c1-18(2)13-7-5-12(6-8-13)15(10-16)17-11-14-4-3-9-19-14/h5-8,14-15,17H,3-4,9-11,16H2,1-2H3. The molecule has 1 aromatic rings. The first-order chi connectivity index (χ1) is 9.20. The molecule has 0 aliphatic carbocycles. The van der Waals surface area contributed by atoms with Crippen molar-refractivity contribution in [3.05, 3.63) is 29.8 Å². The van der Waals surface area contributed by atoms with E-state index in [-0.39, 0.29) is 6.04 Å². The van der Waals surface area contributed by atoms with Crippen LogP contribution in [0.2, 0.25) is 0 Å². The third kappa shape index (κ3) is 3.93. The van der Waals surface area contributed by atoms with Gasteiger partial charge in [0, 0.05) is 45.5 Å². The summed E-state index contributed by atoms with van der Waals surface area (Å²) in [4.78, 5) is 2.10. The number of benzene rings is 1. The number of nitrogens with one attached hydrogen (secondary N) is 1. The Morgan fingerprint density at radius 1 is 1.37 bits per heavy atom. The van der Waals surface area contributed by atoms with Crippen LogP contribution in [-0.2, 0) is 4.74 Å². The first-order valence-electron chi connectivity index (χ1n) is 7.03. The fourth-order valence-corrected chi connectivity index (χ4v) is 2.42. The van der Waals surface area contributed by atoms with Crippen molar-refractivity contribution in [3.8, 4) is 0 Å². The average Bonchev–Trinajstić information content (AvgIpc) is 2.93. The smallest absolute Gasteiger partial charge is 0.0700 e. The summed E-state index contributed by atoms with van der Waals surface area (Å²) < 4.78 is 5.62. The summed E-state index contributed by atoms with van der Waals surface area (Å²) in [6.07, 6.45) is 2.69. The van der Waals surface area contributed by atoms with Crippen molar-refractivity contribution in [1.82, 2.24) is 5.32 Å². The molecule has 4 heteroatoms. The zero-order chi connectivity index (χ0) is 13.7. The zero-order valence-electron chi connectivity index (χ0n) is 11.9. The lowest BCUT2D eigenvalue weighted by Crippen LogP contribution is -2.34. The van der Waals surface area contributed by atoms with E-state index in [1.54, 1.807) is 0 Å². The van der Waals surface area contributed by atoms with Crippen LogP contribution in [0, 0.1) is 0 Å². The van der Waals surface area contributed by atoms with Gasteiger partial charge in [0.1, 0.15) is 0 Å². The Morgan fingerprint density at radius 2 is 2.11 bits per heavy atom. The van der Waals surface area contributed by atoms with Crippen molar-refractivity contribution in [3.63, 3.8) is 0 Å². The van der Waals surface area contributed by atoms with E-state index in [0.717, 1.165) is 19.6 Å². The predicted molar refractivity (Wildman–Crippen MR) is 79.5 cm³/mol. The minimum atomic E-state index is 0.209. The Morgan fingerprint density at radius 3 is 2.63 bits per heavy atom. The molecule has 0 spiro atoms. The molecule has 19 heavy (non-hydrogen) atoms. The molecule has 1 fully saturated rings. The summed E-state index contributed by atoms with van der Waals surface area (Å²) in [5.41, 5.74) is 8.32. The number of hydrogen-bond acceptors (Lipinski definition) is 4. The highest BCUT2D eigenvalue weighted by Gasteiger charge is 2.17. The minimum Gasteiger partial charge on any atom is -0.378 e. The number of nitrogens with two attached hydrogens (primary N) is 1. The lowest BCUT2D eigenvalue weighted by atomic mass is 10.1. The summed E-state index contributed by atoms with van der Waals surface area (Å²) in [7, 11) is 4.09. The monoisotopic (exact) mass is 263 g/mol. The number of ether oxygens (including phenoxy) is 1. The van der Waals surface area contributed by atoms with Gasteiger partial charge >= 0.3 is 0 Å². The van der Waals surface area contributed by atoms with E-state index in [1.165, 1.54) is 17.7 Å². The molecular weight excluding hydrogens is 238 g/mol. The molecule has 2 unspecified atom stereocenters. The topological polar surface area (TPSA) is 50.5 Å². The molecule has 0 aromatic heterocycles. The van der Waals surface area contributed by atoms with Crippen LogP contribution in [0.25, 0.3) is 0 Å². The van der Waals surface area contributed by atoms with Gasteiger partial charge in [-0.1, -0.05) is 12.1 Å². The maximum absolute atomic E-state index is 5.87. The number of rotatable bonds is 6. The number of hydrogen-bond donors (Lipinski definition) is 2. The van der Waals surface area contributed by atoms with Crippen molar-refractivity contribution in [2.45, 2.75) is 25.0 Å². The van der Waals surface area contributed by atoms with Gasteiger partial charge in [-0.2, -0.15) is 0 Å². The highest BCUT2D eigenvalue weighted by molar-refractivity contribution is 5.46. The Labute approximate surface area is 115 Å². The summed E-state index contributed by atoms with van der Waals surface area (Å²) >= 11 is 0. The molecule has 1 saturated heterocycles. The van der Waals surface area contributed by atoms with E-state index in [2.05, 4.69) is 34.5 Å². The normalized spacial score (nSPS) is 20.5. The maximum Gasteiger partial charge on any atom is 0.0700 e. The van der Waals surface area contributed by atoms with Gasteiger partial charge < -0.3 is 20.7 Å². The van der Waals surface area contributed by atoms with Gasteiger partial charge in [-0.15, -0.1) is 0 Å². The van der Waals surface area contributed by atoms with Crippen molar-refractivity contribution >= 4 is 5.69 Å². The molecule has 0 amide bonds. The lowest BCUT2D eigenvalue weighted by molar-refractivity contribution is 0.107. The van der Waals surface area contributed by atoms with Gasteiger partial charge in [0.2, 0.25) is 0 Å². The third-order valence-electron chi connectivity index (χ3n) is 3.66. The summed E-state index contributed by atoms with van der Waals surface area (Å²) in [5, 5.41) is 3.51. The van der Waals surface area contributed by atoms with Crippen molar-refractivity contribution < 1.29 is 4.74 Å². The third-order valence-corrected chi connectivity index (χ3v) is 3.66. The van der Waals surface area contributed by atoms with E-state index < -0.39 is 0 Å². The van der Waals surface area contributed by atoms with Crippen molar-refractivity contribution in [2.75, 3.05) is 38.7 Å². The van der Waals surface area contributed by atoms with E-state index in [1.807, 2.05) is 14.1 Å². The summed E-state index contributed by atoms with van der Waals surface area (Å²) in [5.74, 6) is 0. The molecule has 2 atom stereocenters. The van der Waals surface area contributed by atoms with Crippen LogP contribution in [0.15, 0.2) is 24.3 Å². The first-order valence-corrected chi connectivity index (χ1v) is 7.03. The molecule has 0 bridgehead atoms. The Kier molecular flexibility index (Phi) is 5.19. The van der Waals surface area contributed by atoms with E-state index in [9.17, 15) is 0 Å². The molecule has 1 aliphatic heterocycles. The zero-order valence-corrected chi connectivity index (χ0v) is 11.9. The maximum atomic E-state index is 5.87. The number of nitrogens with zero attached hydrogens (tertiary/aromatic N) is 1. The lowest BCUT2D eigenvalue weighted by Gasteiger charge is -2.21. The molecule has 106 valence electrons. The highest BCUT2D eigenvalue weighted by atomic mass is 16.5. The molecule has 3 N–H and O–H groups in total. The molecule has 1 heterocycles. The van der Waals surface area contributed by atoms with E-state index >= 15 is 0 Å². The van der Waals surface area contributed by atoms with Crippen LogP contribution < -0.4 is 16.0 Å². The predicted octanol–water partition coefficient (Wildman–Crippen LogP) is 1.52.